The maximum absolute atomic E-state index is 13.6. The molecule has 0 aromatic heterocycles. The molecular formula is C32H32ClN3O3. The van der Waals surface area contributed by atoms with Gasteiger partial charge in [-0.2, -0.15) is 4.42 Å². The summed E-state index contributed by atoms with van der Waals surface area (Å²) >= 11 is 6.83. The molecule has 1 aliphatic rings. The van der Waals surface area contributed by atoms with E-state index in [-0.39, 0.29) is 12.5 Å². The fourth-order valence-electron chi connectivity index (χ4n) is 5.87. The minimum absolute atomic E-state index is 0.270. The highest BCUT2D eigenvalue weighted by Gasteiger charge is 2.66. The molecule has 7 heteroatoms. The third-order valence-electron chi connectivity index (χ3n) is 7.52. The molecule has 200 valence electrons. The molecule has 5 rings (SSSR count). The van der Waals surface area contributed by atoms with Gasteiger partial charge in [-0.3, -0.25) is 4.79 Å². The highest BCUT2D eigenvalue weighted by Crippen LogP contribution is 2.53. The van der Waals surface area contributed by atoms with E-state index in [0.29, 0.717) is 12.1 Å². The summed E-state index contributed by atoms with van der Waals surface area (Å²) in [5, 5.41) is 3.11. The predicted molar refractivity (Wildman–Crippen MR) is 153 cm³/mol. The molecule has 1 fully saturated rings. The van der Waals surface area contributed by atoms with Crippen LogP contribution in [-0.2, 0) is 14.9 Å². The largest absolute Gasteiger partial charge is 0.364 e. The van der Waals surface area contributed by atoms with Crippen LogP contribution in [0.2, 0.25) is 0 Å². The van der Waals surface area contributed by atoms with E-state index in [1.807, 2.05) is 72.8 Å². The average Bonchev–Trinajstić information content (AvgIpc) is 3.00. The van der Waals surface area contributed by atoms with Crippen molar-refractivity contribution < 1.29 is 14.3 Å². The molecule has 1 aliphatic heterocycles. The molecule has 1 amide bonds. The maximum atomic E-state index is 13.6. The number of nitrogens with two attached hydrogens (primary N) is 1. The Morgan fingerprint density at radius 3 is 1.77 bits per heavy atom. The van der Waals surface area contributed by atoms with Gasteiger partial charge in [-0.25, -0.2) is 0 Å². The highest BCUT2D eigenvalue weighted by atomic mass is 35.5. The van der Waals surface area contributed by atoms with Crippen molar-refractivity contribution in [2.75, 3.05) is 20.3 Å². The fraction of sp³-hybridized carbons (Fsp3) is 0.219. The number of ether oxygens (including phenoxy) is 2. The van der Waals surface area contributed by atoms with E-state index in [4.69, 9.17) is 27.0 Å². The van der Waals surface area contributed by atoms with Gasteiger partial charge < -0.3 is 20.5 Å². The molecule has 0 aliphatic carbocycles. The number of rotatable bonds is 8. The van der Waals surface area contributed by atoms with Crippen molar-refractivity contribution >= 4 is 17.7 Å². The number of methoxy groups -OCH3 is 1. The summed E-state index contributed by atoms with van der Waals surface area (Å²) in [5.41, 5.74) is 7.85. The summed E-state index contributed by atoms with van der Waals surface area (Å²) in [6, 6.07) is 39.1. The number of carbonyl (C=O) groups is 1. The molecule has 0 bridgehead atoms. The molecule has 3 N–H and O–H groups in total. The number of morpholine rings is 1. The Balaban J connectivity index is 1.85. The molecule has 3 unspecified atom stereocenters. The van der Waals surface area contributed by atoms with Crippen LogP contribution >= 0.6 is 11.8 Å². The number of halogens is 1. The number of nitrogens with one attached hydrogen (secondary N) is 1. The summed E-state index contributed by atoms with van der Waals surface area (Å²) in [7, 11) is 1.55. The van der Waals surface area contributed by atoms with Crippen molar-refractivity contribution in [2.24, 2.45) is 5.73 Å². The highest BCUT2D eigenvalue weighted by molar-refractivity contribution is 6.13. The van der Waals surface area contributed by atoms with Crippen LogP contribution in [0.25, 0.3) is 0 Å². The average molecular weight is 542 g/mol. The van der Waals surface area contributed by atoms with E-state index in [0.717, 1.165) is 16.7 Å². The lowest BCUT2D eigenvalue weighted by atomic mass is 9.57. The van der Waals surface area contributed by atoms with Crippen molar-refractivity contribution in [3.8, 4) is 0 Å². The number of amides is 1. The first-order valence-corrected chi connectivity index (χ1v) is 13.3. The molecule has 4 aromatic rings. The van der Waals surface area contributed by atoms with Crippen LogP contribution in [0, 0.1) is 0 Å². The maximum Gasteiger partial charge on any atom is 0.253 e. The molecular weight excluding hydrogens is 510 g/mol. The lowest BCUT2D eigenvalue weighted by Crippen LogP contribution is -2.78. The Labute approximate surface area is 234 Å². The van der Waals surface area contributed by atoms with E-state index in [1.165, 1.54) is 0 Å². The first-order valence-electron chi connectivity index (χ1n) is 12.9. The van der Waals surface area contributed by atoms with E-state index >= 15 is 0 Å². The number of carbonyl (C=O) groups excluding carboxylic acids is 1. The monoisotopic (exact) mass is 541 g/mol. The molecule has 6 nitrogen and oxygen atoms in total. The van der Waals surface area contributed by atoms with Crippen molar-refractivity contribution in [3.05, 3.63) is 144 Å². The quantitative estimate of drug-likeness (QED) is 0.188. The number of hydrogen-bond donors (Lipinski definition) is 2. The summed E-state index contributed by atoms with van der Waals surface area (Å²) in [4.78, 5) is 13.6. The normalized spacial score (nSPS) is 20.7. The lowest BCUT2D eigenvalue weighted by Gasteiger charge is -2.59. The van der Waals surface area contributed by atoms with E-state index < -0.39 is 23.4 Å². The third kappa shape index (κ3) is 4.65. The van der Waals surface area contributed by atoms with E-state index in [1.54, 1.807) is 23.7 Å². The van der Waals surface area contributed by atoms with Crippen LogP contribution in [0.4, 0.5) is 0 Å². The van der Waals surface area contributed by atoms with Crippen LogP contribution in [-0.4, -0.2) is 48.6 Å². The van der Waals surface area contributed by atoms with E-state index in [9.17, 15) is 4.79 Å². The molecule has 1 heterocycles. The Kier molecular flexibility index (Phi) is 8.12. The molecule has 0 spiro atoms. The van der Waals surface area contributed by atoms with Crippen molar-refractivity contribution in [1.82, 2.24) is 9.74 Å². The summed E-state index contributed by atoms with van der Waals surface area (Å²) in [6.45, 7) is 0.675. The second-order valence-corrected chi connectivity index (χ2v) is 9.95. The molecule has 39 heavy (non-hydrogen) atoms. The van der Waals surface area contributed by atoms with Gasteiger partial charge in [0.05, 0.1) is 12.0 Å². The van der Waals surface area contributed by atoms with E-state index in [2.05, 4.69) is 41.7 Å². The second-order valence-electron chi connectivity index (χ2n) is 9.51. The van der Waals surface area contributed by atoms with Gasteiger partial charge in [-0.15, -0.1) is 0 Å². The smallest absolute Gasteiger partial charge is 0.253 e. The van der Waals surface area contributed by atoms with Gasteiger partial charge in [0.1, 0.15) is 6.17 Å². The Morgan fingerprint density at radius 2 is 1.33 bits per heavy atom. The van der Waals surface area contributed by atoms with Crippen LogP contribution in [0.3, 0.4) is 0 Å². The summed E-state index contributed by atoms with van der Waals surface area (Å²) < 4.78 is 14.6. The number of nitrogens with zero attached hydrogens (tertiary/aromatic N) is 1. The van der Waals surface area contributed by atoms with Crippen LogP contribution in [0.1, 0.15) is 27.0 Å². The van der Waals surface area contributed by atoms with Gasteiger partial charge in [0.25, 0.3) is 5.91 Å². The summed E-state index contributed by atoms with van der Waals surface area (Å²) in [5.74, 6) is -0.313. The van der Waals surface area contributed by atoms with Gasteiger partial charge in [-0.1, -0.05) is 109 Å². The van der Waals surface area contributed by atoms with Crippen molar-refractivity contribution in [3.63, 3.8) is 0 Å². The zero-order chi connectivity index (χ0) is 27.3. The minimum atomic E-state index is -1.42. The Morgan fingerprint density at radius 1 is 0.897 bits per heavy atom. The molecule has 4 aromatic carbocycles. The van der Waals surface area contributed by atoms with Crippen LogP contribution in [0.5, 0.6) is 0 Å². The van der Waals surface area contributed by atoms with Gasteiger partial charge >= 0.3 is 0 Å². The van der Waals surface area contributed by atoms with Crippen molar-refractivity contribution in [2.45, 2.75) is 23.4 Å². The minimum Gasteiger partial charge on any atom is -0.364 e. The van der Waals surface area contributed by atoms with Gasteiger partial charge in [0.15, 0.2) is 11.8 Å². The molecule has 1 saturated heterocycles. The summed E-state index contributed by atoms with van der Waals surface area (Å²) in [6.07, 6.45) is -1.91. The van der Waals surface area contributed by atoms with Gasteiger partial charge in [-0.05, 0) is 40.6 Å². The van der Waals surface area contributed by atoms with Crippen LogP contribution < -0.4 is 11.1 Å². The first kappa shape index (κ1) is 27.1. The molecule has 0 radical (unpaired) electrons. The predicted octanol–water partition coefficient (Wildman–Crippen LogP) is 4.93. The SMILES string of the molecule is COC(NC(=O)c1ccccc1)C1(C(c2ccccc2)(c2ccccc2)c2ccccc2)OCCN(Cl)C1N. The topological polar surface area (TPSA) is 76.8 Å². The molecule has 0 saturated carbocycles. The first-order chi connectivity index (χ1) is 19.1. The second kappa shape index (κ2) is 11.7. The fourth-order valence-corrected chi connectivity index (χ4v) is 6.08. The third-order valence-corrected chi connectivity index (χ3v) is 7.90. The van der Waals surface area contributed by atoms with Crippen LogP contribution in [0.15, 0.2) is 121 Å². The Hall–Kier alpha value is -3.52. The zero-order valence-corrected chi connectivity index (χ0v) is 22.5. The van der Waals surface area contributed by atoms with Gasteiger partial charge in [0.2, 0.25) is 0 Å². The zero-order valence-electron chi connectivity index (χ0n) is 21.7. The number of benzene rings is 4. The Bertz CT molecular complexity index is 1260. The van der Waals surface area contributed by atoms with Crippen molar-refractivity contribution in [1.29, 1.82) is 0 Å². The number of hydrogen-bond acceptors (Lipinski definition) is 5. The lowest BCUT2D eigenvalue weighted by molar-refractivity contribution is -0.217. The molecule has 3 atom stereocenters. The van der Waals surface area contributed by atoms with Gasteiger partial charge in [0, 0.05) is 19.2 Å². The standard InChI is InChI=1S/C32H32ClN3O3/c1-38-30(35-28(37)24-14-6-2-7-15-24)32(29(34)36(33)22-23-39-32)31(25-16-8-3-9-17-25,26-18-10-4-11-19-26)27-20-12-5-13-21-27/h2-21,29-30H,22-23,34H2,1H3,(H,35,37).